The molecule has 5 heteroatoms. The highest BCUT2D eigenvalue weighted by Gasteiger charge is 2.30. The molecule has 0 aromatic rings. The second-order valence-corrected chi connectivity index (χ2v) is 6.30. The Morgan fingerprint density at radius 3 is 2.40 bits per heavy atom. The molecule has 0 saturated heterocycles. The molecule has 0 heterocycles. The van der Waals surface area contributed by atoms with Gasteiger partial charge in [0.2, 0.25) is 0 Å². The zero-order valence-electron chi connectivity index (χ0n) is 12.8. The largest absolute Gasteiger partial charge is 0.481 e. The molecule has 3 unspecified atom stereocenters. The Bertz CT molecular complexity index is 331. The van der Waals surface area contributed by atoms with Crippen LogP contribution in [-0.4, -0.2) is 30.2 Å². The molecule has 20 heavy (non-hydrogen) atoms. The van der Waals surface area contributed by atoms with Crippen molar-refractivity contribution in [2.75, 3.05) is 13.1 Å². The minimum atomic E-state index is -0.731. The molecular weight excluding hydrogens is 256 g/mol. The van der Waals surface area contributed by atoms with Crippen LogP contribution in [0.3, 0.4) is 0 Å². The number of carboxylic acids is 1. The summed E-state index contributed by atoms with van der Waals surface area (Å²) in [4.78, 5) is 22.9. The molecule has 2 amide bonds. The Morgan fingerprint density at radius 2 is 1.80 bits per heavy atom. The van der Waals surface area contributed by atoms with Gasteiger partial charge in [0.1, 0.15) is 0 Å². The van der Waals surface area contributed by atoms with Gasteiger partial charge in [0.15, 0.2) is 0 Å². The number of carboxylic acid groups (broad SMARTS) is 1. The van der Waals surface area contributed by atoms with Gasteiger partial charge in [-0.25, -0.2) is 4.79 Å². The number of carbonyl (C=O) groups excluding carboxylic acids is 1. The topological polar surface area (TPSA) is 78.4 Å². The molecule has 0 radical (unpaired) electrons. The summed E-state index contributed by atoms with van der Waals surface area (Å²) in [6, 6.07) is -0.188. The number of urea groups is 1. The summed E-state index contributed by atoms with van der Waals surface area (Å²) < 4.78 is 0. The summed E-state index contributed by atoms with van der Waals surface area (Å²) in [6.45, 7) is 7.47. The first kappa shape index (κ1) is 16.8. The van der Waals surface area contributed by atoms with Gasteiger partial charge in [-0.3, -0.25) is 4.79 Å². The molecule has 3 atom stereocenters. The van der Waals surface area contributed by atoms with Crippen LogP contribution in [0.4, 0.5) is 4.79 Å². The minimum Gasteiger partial charge on any atom is -0.481 e. The fourth-order valence-electron chi connectivity index (χ4n) is 2.55. The van der Waals surface area contributed by atoms with Gasteiger partial charge in [0.05, 0.1) is 5.92 Å². The summed E-state index contributed by atoms with van der Waals surface area (Å²) in [5.74, 6) is -0.00858. The molecule has 116 valence electrons. The van der Waals surface area contributed by atoms with E-state index in [1.165, 1.54) is 0 Å². The summed E-state index contributed by atoms with van der Waals surface area (Å²) in [5, 5.41) is 14.9. The lowest BCUT2D eigenvalue weighted by Crippen LogP contribution is -2.43. The smallest absolute Gasteiger partial charge is 0.314 e. The van der Waals surface area contributed by atoms with Crippen molar-refractivity contribution in [2.45, 2.75) is 46.5 Å². The fraction of sp³-hybridized carbons (Fsp3) is 0.867. The van der Waals surface area contributed by atoms with Crippen LogP contribution in [0.25, 0.3) is 0 Å². The predicted octanol–water partition coefficient (Wildman–Crippen LogP) is 2.47. The highest BCUT2D eigenvalue weighted by atomic mass is 16.4. The predicted molar refractivity (Wildman–Crippen MR) is 78.5 cm³/mol. The molecule has 3 N–H and O–H groups in total. The fourth-order valence-corrected chi connectivity index (χ4v) is 2.55. The van der Waals surface area contributed by atoms with Gasteiger partial charge >= 0.3 is 12.0 Å². The van der Waals surface area contributed by atoms with E-state index in [0.29, 0.717) is 24.9 Å². The standard InChI is InChI=1S/C15H28N2O3/c1-10(2)11(3)8-16-15(20)17-9-12-6-4-5-7-13(12)14(18)19/h10-13H,4-9H2,1-3H3,(H,18,19)(H2,16,17,20). The number of hydrogen-bond donors (Lipinski definition) is 3. The number of aliphatic carboxylic acids is 1. The second-order valence-electron chi connectivity index (χ2n) is 6.30. The van der Waals surface area contributed by atoms with Crippen molar-refractivity contribution in [3.05, 3.63) is 0 Å². The minimum absolute atomic E-state index is 0.0644. The van der Waals surface area contributed by atoms with Crippen molar-refractivity contribution in [1.82, 2.24) is 10.6 Å². The summed E-state index contributed by atoms with van der Waals surface area (Å²) in [7, 11) is 0. The van der Waals surface area contributed by atoms with Crippen molar-refractivity contribution < 1.29 is 14.7 Å². The normalized spacial score (nSPS) is 24.2. The zero-order chi connectivity index (χ0) is 15.1. The molecule has 0 aliphatic heterocycles. The van der Waals surface area contributed by atoms with Crippen molar-refractivity contribution >= 4 is 12.0 Å². The van der Waals surface area contributed by atoms with Gasteiger partial charge in [-0.1, -0.05) is 33.6 Å². The van der Waals surface area contributed by atoms with Crippen molar-refractivity contribution in [3.63, 3.8) is 0 Å². The lowest BCUT2D eigenvalue weighted by molar-refractivity contribution is -0.144. The second kappa shape index (κ2) is 8.12. The number of carbonyl (C=O) groups is 2. The van der Waals surface area contributed by atoms with Crippen molar-refractivity contribution in [1.29, 1.82) is 0 Å². The number of nitrogens with one attached hydrogen (secondary N) is 2. The third-order valence-corrected chi connectivity index (χ3v) is 4.47. The van der Waals surface area contributed by atoms with E-state index in [1.54, 1.807) is 0 Å². The summed E-state index contributed by atoms with van der Waals surface area (Å²) in [6.07, 6.45) is 3.65. The first-order chi connectivity index (χ1) is 9.41. The van der Waals surface area contributed by atoms with Crippen molar-refractivity contribution in [2.24, 2.45) is 23.7 Å². The highest BCUT2D eigenvalue weighted by molar-refractivity contribution is 5.74. The molecule has 1 rings (SSSR count). The molecule has 1 aliphatic rings. The van der Waals surface area contributed by atoms with Gasteiger partial charge in [-0.05, 0) is 30.6 Å². The number of rotatable bonds is 6. The molecule has 0 spiro atoms. The molecule has 5 nitrogen and oxygen atoms in total. The van der Waals surface area contributed by atoms with Gasteiger partial charge in [0.25, 0.3) is 0 Å². The summed E-state index contributed by atoms with van der Waals surface area (Å²) in [5.41, 5.74) is 0. The van der Waals surface area contributed by atoms with Crippen molar-refractivity contribution in [3.8, 4) is 0 Å². The maximum absolute atomic E-state index is 11.7. The maximum Gasteiger partial charge on any atom is 0.314 e. The first-order valence-corrected chi connectivity index (χ1v) is 7.66. The lowest BCUT2D eigenvalue weighted by atomic mass is 9.79. The molecular formula is C15H28N2O3. The third-order valence-electron chi connectivity index (χ3n) is 4.47. The average molecular weight is 284 g/mol. The lowest BCUT2D eigenvalue weighted by Gasteiger charge is -2.28. The van der Waals surface area contributed by atoms with E-state index in [2.05, 4.69) is 31.4 Å². The van der Waals surface area contributed by atoms with E-state index in [-0.39, 0.29) is 17.9 Å². The number of hydrogen-bond acceptors (Lipinski definition) is 2. The zero-order valence-corrected chi connectivity index (χ0v) is 12.8. The van der Waals surface area contributed by atoms with Crippen LogP contribution < -0.4 is 10.6 Å². The Hall–Kier alpha value is -1.26. The van der Waals surface area contributed by atoms with E-state index in [1.807, 2.05) is 0 Å². The Kier molecular flexibility index (Phi) is 6.82. The van der Waals surface area contributed by atoms with Crippen LogP contribution in [0.5, 0.6) is 0 Å². The molecule has 0 aromatic heterocycles. The quantitative estimate of drug-likeness (QED) is 0.701. The molecule has 1 aliphatic carbocycles. The van der Waals surface area contributed by atoms with Gasteiger partial charge in [0, 0.05) is 13.1 Å². The van der Waals surface area contributed by atoms with Crippen LogP contribution in [0.2, 0.25) is 0 Å². The van der Waals surface area contributed by atoms with E-state index in [0.717, 1.165) is 25.7 Å². The van der Waals surface area contributed by atoms with E-state index in [4.69, 9.17) is 0 Å². The van der Waals surface area contributed by atoms with Gasteiger partial charge < -0.3 is 15.7 Å². The Morgan fingerprint density at radius 1 is 1.15 bits per heavy atom. The van der Waals surface area contributed by atoms with Crippen LogP contribution in [0, 0.1) is 23.7 Å². The van der Waals surface area contributed by atoms with Crippen LogP contribution in [0.15, 0.2) is 0 Å². The van der Waals surface area contributed by atoms with E-state index < -0.39 is 5.97 Å². The van der Waals surface area contributed by atoms with Crippen LogP contribution >= 0.6 is 0 Å². The number of amides is 2. The third kappa shape index (κ3) is 5.39. The molecule has 1 saturated carbocycles. The van der Waals surface area contributed by atoms with E-state index >= 15 is 0 Å². The maximum atomic E-state index is 11.7. The van der Waals surface area contributed by atoms with Crippen LogP contribution in [-0.2, 0) is 4.79 Å². The van der Waals surface area contributed by atoms with Crippen LogP contribution in [0.1, 0.15) is 46.5 Å². The average Bonchev–Trinajstić information content (AvgIpc) is 2.42. The molecule has 1 fully saturated rings. The highest BCUT2D eigenvalue weighted by Crippen LogP contribution is 2.29. The van der Waals surface area contributed by atoms with Gasteiger partial charge in [-0.15, -0.1) is 0 Å². The molecule has 0 bridgehead atoms. The molecule has 0 aromatic carbocycles. The summed E-state index contributed by atoms with van der Waals surface area (Å²) >= 11 is 0. The SMILES string of the molecule is CC(C)C(C)CNC(=O)NCC1CCCCC1C(=O)O. The van der Waals surface area contributed by atoms with E-state index in [9.17, 15) is 14.7 Å². The Labute approximate surface area is 121 Å². The monoisotopic (exact) mass is 284 g/mol. The van der Waals surface area contributed by atoms with Gasteiger partial charge in [-0.2, -0.15) is 0 Å². The first-order valence-electron chi connectivity index (χ1n) is 7.66. The Balaban J connectivity index is 2.30.